The number of ether oxygens (including phenoxy) is 1. The van der Waals surface area contributed by atoms with Crippen molar-refractivity contribution < 1.29 is 23.5 Å². The van der Waals surface area contributed by atoms with E-state index in [1.807, 2.05) is 0 Å². The zero-order chi connectivity index (χ0) is 16.8. The molecule has 2 amide bonds. The van der Waals surface area contributed by atoms with Gasteiger partial charge in [-0.1, -0.05) is 0 Å². The van der Waals surface area contributed by atoms with E-state index < -0.39 is 24.4 Å². The van der Waals surface area contributed by atoms with Crippen LogP contribution in [-0.4, -0.2) is 35.9 Å². The first-order chi connectivity index (χ1) is 11.0. The molecule has 0 atom stereocenters. The molecule has 120 valence electrons. The maximum atomic E-state index is 12.9. The second kappa shape index (κ2) is 7.45. The van der Waals surface area contributed by atoms with Crippen LogP contribution >= 0.6 is 11.3 Å². The number of carbonyl (C=O) groups is 3. The Balaban J connectivity index is 1.92. The summed E-state index contributed by atoms with van der Waals surface area (Å²) >= 11 is 1.19. The van der Waals surface area contributed by atoms with Crippen molar-refractivity contribution in [2.24, 2.45) is 5.73 Å². The van der Waals surface area contributed by atoms with E-state index in [4.69, 9.17) is 10.5 Å². The number of rotatable bonds is 6. The second-order valence-electron chi connectivity index (χ2n) is 4.36. The standard InChI is InChI=1S/C14H12FN3O4S/c15-9-3-1-8(2-4-9)13-18-10(7-23-13)14(21)22-6-12(20)17-5-11(16)19/h1-4,7H,5-6H2,(H2,16,19)(H,17,20). The quantitative estimate of drug-likeness (QED) is 0.754. The maximum Gasteiger partial charge on any atom is 0.358 e. The van der Waals surface area contributed by atoms with Gasteiger partial charge in [0.25, 0.3) is 5.91 Å². The van der Waals surface area contributed by atoms with E-state index in [1.54, 1.807) is 12.1 Å². The number of nitrogens with two attached hydrogens (primary N) is 1. The molecule has 3 N–H and O–H groups in total. The monoisotopic (exact) mass is 337 g/mol. The lowest BCUT2D eigenvalue weighted by atomic mass is 10.2. The minimum atomic E-state index is -0.774. The van der Waals surface area contributed by atoms with Crippen LogP contribution in [0.3, 0.4) is 0 Å². The molecule has 2 rings (SSSR count). The topological polar surface area (TPSA) is 111 Å². The van der Waals surface area contributed by atoms with Crippen LogP contribution in [-0.2, 0) is 14.3 Å². The molecule has 1 heterocycles. The van der Waals surface area contributed by atoms with Crippen LogP contribution in [0.5, 0.6) is 0 Å². The summed E-state index contributed by atoms with van der Waals surface area (Å²) in [6, 6.07) is 5.66. The summed E-state index contributed by atoms with van der Waals surface area (Å²) < 4.78 is 17.6. The molecule has 0 spiro atoms. The fourth-order valence-electron chi connectivity index (χ4n) is 1.53. The number of hydrogen-bond acceptors (Lipinski definition) is 6. The van der Waals surface area contributed by atoms with Crippen LogP contribution in [0.25, 0.3) is 10.6 Å². The van der Waals surface area contributed by atoms with Crippen molar-refractivity contribution in [1.29, 1.82) is 0 Å². The molecular weight excluding hydrogens is 325 g/mol. The van der Waals surface area contributed by atoms with Gasteiger partial charge in [0.15, 0.2) is 12.3 Å². The molecule has 0 aliphatic carbocycles. The van der Waals surface area contributed by atoms with Gasteiger partial charge in [0.2, 0.25) is 5.91 Å². The van der Waals surface area contributed by atoms with Crippen molar-refractivity contribution >= 4 is 29.1 Å². The van der Waals surface area contributed by atoms with E-state index in [9.17, 15) is 18.8 Å². The molecule has 0 aliphatic heterocycles. The number of carbonyl (C=O) groups excluding carboxylic acids is 3. The number of thiazole rings is 1. The zero-order valence-corrected chi connectivity index (χ0v) is 12.6. The summed E-state index contributed by atoms with van der Waals surface area (Å²) in [5.74, 6) is -2.49. The molecular formula is C14H12FN3O4S. The average molecular weight is 337 g/mol. The number of nitrogens with one attached hydrogen (secondary N) is 1. The van der Waals surface area contributed by atoms with Gasteiger partial charge in [0.1, 0.15) is 10.8 Å². The Hall–Kier alpha value is -2.81. The van der Waals surface area contributed by atoms with Crippen LogP contribution in [0, 0.1) is 5.82 Å². The largest absolute Gasteiger partial charge is 0.451 e. The molecule has 23 heavy (non-hydrogen) atoms. The molecule has 1 aromatic heterocycles. The van der Waals surface area contributed by atoms with E-state index in [1.165, 1.54) is 28.8 Å². The average Bonchev–Trinajstić information content (AvgIpc) is 3.01. The molecule has 0 saturated carbocycles. The van der Waals surface area contributed by atoms with Crippen molar-refractivity contribution in [1.82, 2.24) is 10.3 Å². The third-order valence-corrected chi connectivity index (χ3v) is 3.49. The summed E-state index contributed by atoms with van der Waals surface area (Å²) in [7, 11) is 0. The number of nitrogens with zero attached hydrogens (tertiary/aromatic N) is 1. The predicted octanol–water partition coefficient (Wildman–Crippen LogP) is 0.707. The summed E-state index contributed by atoms with van der Waals surface area (Å²) in [5.41, 5.74) is 5.56. The molecule has 0 unspecified atom stereocenters. The normalized spacial score (nSPS) is 10.1. The van der Waals surface area contributed by atoms with Crippen LogP contribution in [0.2, 0.25) is 0 Å². The first-order valence-electron chi connectivity index (χ1n) is 6.39. The third-order valence-electron chi connectivity index (χ3n) is 2.60. The Morgan fingerprint density at radius 2 is 1.96 bits per heavy atom. The summed E-state index contributed by atoms with van der Waals surface area (Å²) in [4.78, 5) is 37.6. The fourth-order valence-corrected chi connectivity index (χ4v) is 2.33. The Labute approximate surface area is 134 Å². The fraction of sp³-hybridized carbons (Fsp3) is 0.143. The van der Waals surface area contributed by atoms with Gasteiger partial charge in [-0.15, -0.1) is 11.3 Å². The van der Waals surface area contributed by atoms with E-state index in [0.29, 0.717) is 10.6 Å². The first kappa shape index (κ1) is 16.6. The van der Waals surface area contributed by atoms with Gasteiger partial charge >= 0.3 is 5.97 Å². The Kier molecular flexibility index (Phi) is 5.36. The van der Waals surface area contributed by atoms with Crippen molar-refractivity contribution in [2.75, 3.05) is 13.2 Å². The molecule has 0 saturated heterocycles. The SMILES string of the molecule is NC(=O)CNC(=O)COC(=O)c1csc(-c2ccc(F)cc2)n1. The number of halogens is 1. The summed E-state index contributed by atoms with van der Waals surface area (Å²) in [5, 5.41) is 4.18. The molecule has 7 nitrogen and oxygen atoms in total. The van der Waals surface area contributed by atoms with E-state index in [0.717, 1.165) is 0 Å². The van der Waals surface area contributed by atoms with Gasteiger partial charge in [0, 0.05) is 10.9 Å². The Morgan fingerprint density at radius 3 is 2.61 bits per heavy atom. The lowest BCUT2D eigenvalue weighted by Gasteiger charge is -2.03. The lowest BCUT2D eigenvalue weighted by Crippen LogP contribution is -2.36. The van der Waals surface area contributed by atoms with Crippen molar-refractivity contribution in [3.05, 3.63) is 41.2 Å². The van der Waals surface area contributed by atoms with E-state index >= 15 is 0 Å². The number of primary amides is 1. The first-order valence-corrected chi connectivity index (χ1v) is 7.27. The number of esters is 1. The Morgan fingerprint density at radius 1 is 1.26 bits per heavy atom. The van der Waals surface area contributed by atoms with Crippen molar-refractivity contribution in [3.63, 3.8) is 0 Å². The van der Waals surface area contributed by atoms with Gasteiger partial charge in [-0.05, 0) is 24.3 Å². The van der Waals surface area contributed by atoms with Crippen LogP contribution in [0.1, 0.15) is 10.5 Å². The summed E-state index contributed by atoms with van der Waals surface area (Å²) in [6.07, 6.45) is 0. The number of hydrogen-bond donors (Lipinski definition) is 2. The zero-order valence-electron chi connectivity index (χ0n) is 11.7. The lowest BCUT2D eigenvalue weighted by molar-refractivity contribution is -0.127. The highest BCUT2D eigenvalue weighted by molar-refractivity contribution is 7.13. The van der Waals surface area contributed by atoms with Crippen LogP contribution < -0.4 is 11.1 Å². The van der Waals surface area contributed by atoms with Crippen molar-refractivity contribution in [2.45, 2.75) is 0 Å². The van der Waals surface area contributed by atoms with E-state index in [-0.39, 0.29) is 18.1 Å². The van der Waals surface area contributed by atoms with Gasteiger partial charge in [-0.3, -0.25) is 9.59 Å². The number of benzene rings is 1. The minimum Gasteiger partial charge on any atom is -0.451 e. The minimum absolute atomic E-state index is 0.0389. The molecule has 0 aliphatic rings. The molecule has 9 heteroatoms. The number of aromatic nitrogens is 1. The highest BCUT2D eigenvalue weighted by atomic mass is 32.1. The third kappa shape index (κ3) is 4.85. The molecule has 1 aromatic carbocycles. The van der Waals surface area contributed by atoms with Gasteiger partial charge in [-0.25, -0.2) is 14.2 Å². The highest BCUT2D eigenvalue weighted by Gasteiger charge is 2.15. The van der Waals surface area contributed by atoms with Gasteiger partial charge in [-0.2, -0.15) is 0 Å². The highest BCUT2D eigenvalue weighted by Crippen LogP contribution is 2.24. The second-order valence-corrected chi connectivity index (χ2v) is 5.22. The van der Waals surface area contributed by atoms with Crippen LogP contribution in [0.15, 0.2) is 29.6 Å². The molecule has 2 aromatic rings. The maximum absolute atomic E-state index is 12.9. The molecule has 0 radical (unpaired) electrons. The molecule has 0 fully saturated rings. The van der Waals surface area contributed by atoms with Crippen molar-refractivity contribution in [3.8, 4) is 10.6 Å². The summed E-state index contributed by atoms with van der Waals surface area (Å²) in [6.45, 7) is -0.878. The van der Waals surface area contributed by atoms with E-state index in [2.05, 4.69) is 10.3 Å². The van der Waals surface area contributed by atoms with Gasteiger partial charge in [0.05, 0.1) is 6.54 Å². The van der Waals surface area contributed by atoms with Gasteiger partial charge < -0.3 is 15.8 Å². The number of amides is 2. The Bertz CT molecular complexity index is 730. The predicted molar refractivity (Wildman–Crippen MR) is 80.0 cm³/mol. The smallest absolute Gasteiger partial charge is 0.358 e. The van der Waals surface area contributed by atoms with Crippen LogP contribution in [0.4, 0.5) is 4.39 Å². The molecule has 0 bridgehead atoms.